The Labute approximate surface area is 247 Å². The summed E-state index contributed by atoms with van der Waals surface area (Å²) < 4.78 is 0. The topological polar surface area (TPSA) is 98.7 Å². The molecule has 4 aromatic rings. The zero-order chi connectivity index (χ0) is 29.6. The van der Waals surface area contributed by atoms with Gasteiger partial charge in [-0.3, -0.25) is 9.59 Å². The summed E-state index contributed by atoms with van der Waals surface area (Å²) >= 11 is 0. The van der Waals surface area contributed by atoms with E-state index < -0.39 is 0 Å². The van der Waals surface area contributed by atoms with E-state index in [1.165, 1.54) is 0 Å². The summed E-state index contributed by atoms with van der Waals surface area (Å²) in [7, 11) is 0. The summed E-state index contributed by atoms with van der Waals surface area (Å²) in [6.45, 7) is 3.91. The van der Waals surface area contributed by atoms with E-state index in [1.807, 2.05) is 60.7 Å². The molecule has 0 heterocycles. The zero-order valence-corrected chi connectivity index (χ0v) is 24.2. The molecule has 0 unspecified atom stereocenters. The SMILES string of the molecule is CC(=O)c1cc(CN[C@@H]2CCCC[C@H]2NCc2cc(C(C)=O)cc(-c3ccccc3)c2O)c(O)c(-c2ccccc2)c1. The first-order valence-corrected chi connectivity index (χ1v) is 14.6. The van der Waals surface area contributed by atoms with Crippen molar-refractivity contribution in [2.75, 3.05) is 0 Å². The van der Waals surface area contributed by atoms with Crippen molar-refractivity contribution in [3.8, 4) is 33.8 Å². The Kier molecular flexibility index (Phi) is 9.15. The van der Waals surface area contributed by atoms with Crippen molar-refractivity contribution in [3.05, 3.63) is 107 Å². The lowest BCUT2D eigenvalue weighted by molar-refractivity contribution is 0.100. The monoisotopic (exact) mass is 562 g/mol. The van der Waals surface area contributed by atoms with Gasteiger partial charge in [0.1, 0.15) is 11.5 Å². The Morgan fingerprint density at radius 3 is 1.38 bits per heavy atom. The second kappa shape index (κ2) is 13.1. The molecule has 0 amide bonds. The number of carbonyl (C=O) groups is 2. The van der Waals surface area contributed by atoms with Crippen LogP contribution in [-0.4, -0.2) is 33.9 Å². The Bertz CT molecular complexity index is 1450. The highest BCUT2D eigenvalue weighted by molar-refractivity contribution is 5.97. The number of phenolic OH excluding ortho intramolecular Hbond substituents is 2. The predicted molar refractivity (Wildman–Crippen MR) is 167 cm³/mol. The highest BCUT2D eigenvalue weighted by atomic mass is 16.3. The minimum Gasteiger partial charge on any atom is -0.507 e. The molecule has 5 rings (SSSR count). The van der Waals surface area contributed by atoms with Gasteiger partial charge in [-0.15, -0.1) is 0 Å². The van der Waals surface area contributed by atoms with E-state index in [1.54, 1.807) is 38.1 Å². The number of nitrogens with one attached hydrogen (secondary N) is 2. The maximum atomic E-state index is 12.3. The molecule has 1 aliphatic rings. The molecule has 0 radical (unpaired) electrons. The van der Waals surface area contributed by atoms with Crippen molar-refractivity contribution < 1.29 is 19.8 Å². The van der Waals surface area contributed by atoms with Crippen molar-refractivity contribution in [1.82, 2.24) is 10.6 Å². The van der Waals surface area contributed by atoms with E-state index in [0.717, 1.165) is 36.8 Å². The van der Waals surface area contributed by atoms with Crippen LogP contribution in [0.4, 0.5) is 0 Å². The van der Waals surface area contributed by atoms with Gasteiger partial charge in [-0.1, -0.05) is 73.5 Å². The average molecular weight is 563 g/mol. The molecule has 42 heavy (non-hydrogen) atoms. The summed E-state index contributed by atoms with van der Waals surface area (Å²) in [4.78, 5) is 24.6. The van der Waals surface area contributed by atoms with Crippen LogP contribution in [0.3, 0.4) is 0 Å². The first-order valence-electron chi connectivity index (χ1n) is 14.6. The number of hydrogen-bond donors (Lipinski definition) is 4. The van der Waals surface area contributed by atoms with E-state index in [-0.39, 0.29) is 35.1 Å². The molecule has 1 aliphatic carbocycles. The number of carbonyl (C=O) groups excluding carboxylic acids is 2. The Balaban J connectivity index is 1.35. The first-order chi connectivity index (χ1) is 20.3. The largest absolute Gasteiger partial charge is 0.507 e. The maximum Gasteiger partial charge on any atom is 0.159 e. The number of rotatable bonds is 10. The van der Waals surface area contributed by atoms with Gasteiger partial charge in [0.2, 0.25) is 0 Å². The van der Waals surface area contributed by atoms with Gasteiger partial charge in [-0.25, -0.2) is 0 Å². The quantitative estimate of drug-likeness (QED) is 0.155. The lowest BCUT2D eigenvalue weighted by Crippen LogP contribution is -2.49. The highest BCUT2D eigenvalue weighted by Gasteiger charge is 2.26. The van der Waals surface area contributed by atoms with E-state index in [2.05, 4.69) is 10.6 Å². The van der Waals surface area contributed by atoms with Gasteiger partial charge in [0.25, 0.3) is 0 Å². The number of ketones is 2. The number of phenols is 2. The molecule has 1 saturated carbocycles. The Morgan fingerprint density at radius 1 is 0.643 bits per heavy atom. The van der Waals surface area contributed by atoms with E-state index in [0.29, 0.717) is 46.5 Å². The number of Topliss-reactive ketones (excluding diaryl/α,β-unsaturated/α-hetero) is 2. The van der Waals surface area contributed by atoms with Crippen LogP contribution in [0.5, 0.6) is 11.5 Å². The summed E-state index contributed by atoms with van der Waals surface area (Å²) in [5, 5.41) is 29.7. The summed E-state index contributed by atoms with van der Waals surface area (Å²) in [6.07, 6.45) is 4.11. The van der Waals surface area contributed by atoms with Gasteiger partial charge in [-0.05, 0) is 62.1 Å². The molecule has 0 bridgehead atoms. The third kappa shape index (κ3) is 6.62. The normalized spacial score (nSPS) is 16.7. The minimum atomic E-state index is -0.0480. The van der Waals surface area contributed by atoms with Gasteiger partial charge in [0, 0.05) is 58.6 Å². The van der Waals surface area contributed by atoms with Crippen molar-refractivity contribution in [2.45, 2.75) is 64.7 Å². The van der Waals surface area contributed by atoms with Crippen LogP contribution >= 0.6 is 0 Å². The highest BCUT2D eigenvalue weighted by Crippen LogP contribution is 2.36. The number of hydrogen-bond acceptors (Lipinski definition) is 6. The molecular formula is C36H38N2O4. The second-order valence-electron chi connectivity index (χ2n) is 11.2. The maximum absolute atomic E-state index is 12.3. The molecule has 2 atom stereocenters. The lowest BCUT2D eigenvalue weighted by Gasteiger charge is -2.33. The second-order valence-corrected chi connectivity index (χ2v) is 11.2. The van der Waals surface area contributed by atoms with Crippen LogP contribution in [0.25, 0.3) is 22.3 Å². The third-order valence-electron chi connectivity index (χ3n) is 8.24. The van der Waals surface area contributed by atoms with E-state index in [4.69, 9.17) is 0 Å². The smallest absolute Gasteiger partial charge is 0.159 e. The number of aromatic hydroxyl groups is 2. The Morgan fingerprint density at radius 2 is 1.02 bits per heavy atom. The summed E-state index contributed by atoms with van der Waals surface area (Å²) in [6, 6.07) is 26.5. The van der Waals surface area contributed by atoms with Gasteiger partial charge in [-0.2, -0.15) is 0 Å². The molecule has 4 N–H and O–H groups in total. The van der Waals surface area contributed by atoms with Gasteiger partial charge >= 0.3 is 0 Å². The van der Waals surface area contributed by atoms with Crippen LogP contribution in [0.2, 0.25) is 0 Å². The van der Waals surface area contributed by atoms with Gasteiger partial charge < -0.3 is 20.8 Å². The van der Waals surface area contributed by atoms with E-state index in [9.17, 15) is 19.8 Å². The average Bonchev–Trinajstić information content (AvgIpc) is 3.01. The van der Waals surface area contributed by atoms with Gasteiger partial charge in [0.15, 0.2) is 11.6 Å². The van der Waals surface area contributed by atoms with Crippen molar-refractivity contribution in [3.63, 3.8) is 0 Å². The van der Waals surface area contributed by atoms with Crippen molar-refractivity contribution >= 4 is 11.6 Å². The molecule has 0 aliphatic heterocycles. The summed E-state index contributed by atoms with van der Waals surface area (Å²) in [5.41, 5.74) is 5.52. The molecule has 6 nitrogen and oxygen atoms in total. The van der Waals surface area contributed by atoms with Crippen LogP contribution in [0, 0.1) is 0 Å². The molecule has 0 spiro atoms. The molecule has 0 saturated heterocycles. The summed E-state index contributed by atoms with van der Waals surface area (Å²) in [5.74, 6) is 0.262. The van der Waals surface area contributed by atoms with Crippen molar-refractivity contribution in [2.24, 2.45) is 0 Å². The van der Waals surface area contributed by atoms with Crippen LogP contribution in [0.1, 0.15) is 71.4 Å². The fourth-order valence-electron chi connectivity index (χ4n) is 5.84. The van der Waals surface area contributed by atoms with E-state index >= 15 is 0 Å². The first kappa shape index (κ1) is 29.2. The molecule has 0 aromatic heterocycles. The molecule has 6 heteroatoms. The predicted octanol–water partition coefficient (Wildman–Crippen LogP) is 7.03. The fourth-order valence-corrected chi connectivity index (χ4v) is 5.84. The standard InChI is InChI=1S/C36H38N2O4/c1-23(39)27-17-29(35(41)31(19-27)25-11-5-3-6-12-25)21-37-33-15-9-10-16-34(33)38-22-30-18-28(24(2)40)20-32(36(30)42)26-13-7-4-8-14-26/h3-8,11-14,17-20,33-34,37-38,41-42H,9-10,15-16,21-22H2,1-2H3/t33-,34-/m1/s1. The molecular weight excluding hydrogens is 524 g/mol. The van der Waals surface area contributed by atoms with Crippen LogP contribution in [-0.2, 0) is 13.1 Å². The molecule has 4 aromatic carbocycles. The fraction of sp³-hybridized carbons (Fsp3) is 0.278. The van der Waals surface area contributed by atoms with Crippen LogP contribution < -0.4 is 10.6 Å². The van der Waals surface area contributed by atoms with Crippen LogP contribution in [0.15, 0.2) is 84.9 Å². The Hall–Kier alpha value is -4.26. The zero-order valence-electron chi connectivity index (χ0n) is 24.2. The lowest BCUT2D eigenvalue weighted by atomic mass is 9.89. The van der Waals surface area contributed by atoms with Gasteiger partial charge in [0.05, 0.1) is 0 Å². The molecule has 1 fully saturated rings. The van der Waals surface area contributed by atoms with Crippen molar-refractivity contribution in [1.29, 1.82) is 0 Å². The number of benzene rings is 4. The minimum absolute atomic E-state index is 0.0480. The third-order valence-corrected chi connectivity index (χ3v) is 8.24. The molecule has 216 valence electrons.